The second kappa shape index (κ2) is 9.18. The molecule has 0 aromatic heterocycles. The Morgan fingerprint density at radius 1 is 1.03 bits per heavy atom. The number of nitriles is 1. The van der Waals surface area contributed by atoms with Crippen LogP contribution in [-0.2, 0) is 0 Å². The minimum atomic E-state index is -1.05. The molecule has 2 aliphatic rings. The molecule has 2 aliphatic carbocycles. The monoisotopic (exact) mass is 423 g/mol. The molecule has 4 rings (SSSR count). The number of hydrogen-bond acceptors (Lipinski definition) is 3. The predicted octanol–water partition coefficient (Wildman–Crippen LogP) is 6.77. The summed E-state index contributed by atoms with van der Waals surface area (Å²) in [7, 11) is 0. The van der Waals surface area contributed by atoms with E-state index in [0.29, 0.717) is 11.5 Å². The molecule has 4 atom stereocenters. The lowest BCUT2D eigenvalue weighted by atomic mass is 9.63. The highest BCUT2D eigenvalue weighted by molar-refractivity contribution is 5.91. The maximum atomic E-state index is 13.7. The Hall–Kier alpha value is -2.74. The van der Waals surface area contributed by atoms with Crippen molar-refractivity contribution in [1.29, 1.82) is 5.26 Å². The van der Waals surface area contributed by atoms with Crippen molar-refractivity contribution in [2.45, 2.75) is 57.8 Å². The standard InChI is InChI=1S/C26H27F2NO2/c1-2-16-3-4-21-12-20(10-9-19(21)11-16)17-5-7-18(8-6-17)26(30)31-22-13-24(27)23(15-29)25(28)14-22/h5-8,13-14,16,19-21H,2-4,9-12H2,1H3. The summed E-state index contributed by atoms with van der Waals surface area (Å²) < 4.78 is 32.6. The van der Waals surface area contributed by atoms with Gasteiger partial charge < -0.3 is 4.74 Å². The van der Waals surface area contributed by atoms with E-state index in [2.05, 4.69) is 6.92 Å². The van der Waals surface area contributed by atoms with Crippen molar-refractivity contribution in [3.05, 3.63) is 64.7 Å². The lowest BCUT2D eigenvalue weighted by Crippen LogP contribution is -2.30. The van der Waals surface area contributed by atoms with Gasteiger partial charge in [0.15, 0.2) is 0 Å². The molecule has 2 fully saturated rings. The van der Waals surface area contributed by atoms with Crippen LogP contribution in [0.25, 0.3) is 0 Å². The second-order valence-corrected chi connectivity index (χ2v) is 9.00. The number of hydrogen-bond donors (Lipinski definition) is 0. The number of rotatable bonds is 4. The summed E-state index contributed by atoms with van der Waals surface area (Å²) in [5.74, 6) is 0.0614. The molecule has 0 N–H and O–H groups in total. The van der Waals surface area contributed by atoms with Crippen molar-refractivity contribution >= 4 is 5.97 Å². The molecule has 162 valence electrons. The van der Waals surface area contributed by atoms with Crippen LogP contribution >= 0.6 is 0 Å². The lowest BCUT2D eigenvalue weighted by Gasteiger charge is -2.42. The molecule has 3 nitrogen and oxygen atoms in total. The fourth-order valence-electron chi connectivity index (χ4n) is 5.43. The molecule has 2 aromatic rings. The number of fused-ring (bicyclic) bond motifs is 1. The molecule has 31 heavy (non-hydrogen) atoms. The zero-order valence-electron chi connectivity index (χ0n) is 17.7. The van der Waals surface area contributed by atoms with Crippen LogP contribution in [0.3, 0.4) is 0 Å². The molecule has 2 aromatic carbocycles. The Kier molecular flexibility index (Phi) is 6.36. The summed E-state index contributed by atoms with van der Waals surface area (Å²) in [4.78, 5) is 12.4. The van der Waals surface area contributed by atoms with Gasteiger partial charge in [0, 0.05) is 12.1 Å². The van der Waals surface area contributed by atoms with Crippen molar-refractivity contribution < 1.29 is 18.3 Å². The molecule has 4 unspecified atom stereocenters. The molecular weight excluding hydrogens is 396 g/mol. The summed E-state index contributed by atoms with van der Waals surface area (Å²) in [5.41, 5.74) is 0.871. The van der Waals surface area contributed by atoms with Crippen LogP contribution < -0.4 is 4.74 Å². The normalized spacial score (nSPS) is 25.4. The van der Waals surface area contributed by atoms with Crippen LogP contribution in [0.15, 0.2) is 36.4 Å². The summed E-state index contributed by atoms with van der Waals surface area (Å²) in [6.45, 7) is 2.30. The van der Waals surface area contributed by atoms with E-state index in [-0.39, 0.29) is 5.75 Å². The van der Waals surface area contributed by atoms with Gasteiger partial charge in [0.05, 0.1) is 5.56 Å². The first-order valence-corrected chi connectivity index (χ1v) is 11.2. The first-order valence-electron chi connectivity index (χ1n) is 11.2. The zero-order valence-corrected chi connectivity index (χ0v) is 17.7. The van der Waals surface area contributed by atoms with Gasteiger partial charge in [-0.25, -0.2) is 13.6 Å². The maximum Gasteiger partial charge on any atom is 0.343 e. The molecule has 0 spiro atoms. The third-order valence-electron chi connectivity index (χ3n) is 7.25. The predicted molar refractivity (Wildman–Crippen MR) is 114 cm³/mol. The van der Waals surface area contributed by atoms with Crippen LogP contribution in [-0.4, -0.2) is 5.97 Å². The smallest absolute Gasteiger partial charge is 0.343 e. The second-order valence-electron chi connectivity index (χ2n) is 9.00. The average Bonchev–Trinajstić information content (AvgIpc) is 2.78. The molecule has 0 radical (unpaired) electrons. The first-order chi connectivity index (χ1) is 15.0. The van der Waals surface area contributed by atoms with Crippen molar-refractivity contribution in [3.63, 3.8) is 0 Å². The molecule has 5 heteroatoms. The zero-order chi connectivity index (χ0) is 22.0. The van der Waals surface area contributed by atoms with Gasteiger partial charge in [-0.05, 0) is 73.5 Å². The number of esters is 1. The van der Waals surface area contributed by atoms with Crippen LogP contribution in [0.4, 0.5) is 8.78 Å². The minimum Gasteiger partial charge on any atom is -0.423 e. The number of ether oxygens (including phenoxy) is 1. The highest BCUT2D eigenvalue weighted by atomic mass is 19.1. The molecule has 0 aliphatic heterocycles. The summed E-state index contributed by atoms with van der Waals surface area (Å²) in [6, 6.07) is 10.5. The first kappa shape index (κ1) is 21.5. The number of benzene rings is 2. The van der Waals surface area contributed by atoms with E-state index in [0.717, 1.165) is 29.9 Å². The molecule has 2 saturated carbocycles. The molecule has 0 heterocycles. The van der Waals surface area contributed by atoms with Gasteiger partial charge in [-0.1, -0.05) is 31.9 Å². The Balaban J connectivity index is 1.39. The van der Waals surface area contributed by atoms with E-state index in [4.69, 9.17) is 10.00 Å². The average molecular weight is 424 g/mol. The van der Waals surface area contributed by atoms with Crippen LogP contribution in [0.5, 0.6) is 5.75 Å². The van der Waals surface area contributed by atoms with E-state index >= 15 is 0 Å². The van der Waals surface area contributed by atoms with E-state index in [1.165, 1.54) is 56.6 Å². The topological polar surface area (TPSA) is 50.1 Å². The summed E-state index contributed by atoms with van der Waals surface area (Å²) >= 11 is 0. The van der Waals surface area contributed by atoms with Gasteiger partial charge in [-0.3, -0.25) is 0 Å². The Morgan fingerprint density at radius 2 is 1.68 bits per heavy atom. The van der Waals surface area contributed by atoms with Crippen LogP contribution in [0.1, 0.15) is 79.3 Å². The Labute approximate surface area is 182 Å². The van der Waals surface area contributed by atoms with Gasteiger partial charge >= 0.3 is 5.97 Å². The summed E-state index contributed by atoms with van der Waals surface area (Å²) in [5, 5.41) is 8.73. The molecule has 0 saturated heterocycles. The quantitative estimate of drug-likeness (QED) is 0.403. The van der Waals surface area contributed by atoms with Gasteiger partial charge in [-0.2, -0.15) is 5.26 Å². The number of nitrogens with zero attached hydrogens (tertiary/aromatic N) is 1. The van der Waals surface area contributed by atoms with Gasteiger partial charge in [0.2, 0.25) is 0 Å². The number of halogens is 2. The van der Waals surface area contributed by atoms with Gasteiger partial charge in [-0.15, -0.1) is 0 Å². The third kappa shape index (κ3) is 4.63. The van der Waals surface area contributed by atoms with Gasteiger partial charge in [0.25, 0.3) is 0 Å². The fraction of sp³-hybridized carbons (Fsp3) is 0.462. The SMILES string of the molecule is CCC1CCC2CC(c3ccc(C(=O)Oc4cc(F)c(C#N)c(F)c4)cc3)CCC2C1. The Bertz CT molecular complexity index is 972. The van der Waals surface area contributed by atoms with Crippen molar-refractivity contribution in [1.82, 2.24) is 0 Å². The highest BCUT2D eigenvalue weighted by Gasteiger charge is 2.35. The van der Waals surface area contributed by atoms with Crippen molar-refractivity contribution in [2.75, 3.05) is 0 Å². The van der Waals surface area contributed by atoms with E-state index < -0.39 is 23.2 Å². The third-order valence-corrected chi connectivity index (χ3v) is 7.25. The highest BCUT2D eigenvalue weighted by Crippen LogP contribution is 2.48. The maximum absolute atomic E-state index is 13.7. The molecular formula is C26H27F2NO2. The van der Waals surface area contributed by atoms with E-state index in [1.54, 1.807) is 12.1 Å². The van der Waals surface area contributed by atoms with Gasteiger partial charge in [0.1, 0.15) is 29.0 Å². The number of carbonyl (C=O) groups is 1. The van der Waals surface area contributed by atoms with Crippen molar-refractivity contribution in [3.8, 4) is 11.8 Å². The largest absolute Gasteiger partial charge is 0.423 e. The minimum absolute atomic E-state index is 0.260. The van der Waals surface area contributed by atoms with Crippen LogP contribution in [0, 0.1) is 40.7 Å². The van der Waals surface area contributed by atoms with E-state index in [1.807, 2.05) is 12.1 Å². The fourth-order valence-corrected chi connectivity index (χ4v) is 5.43. The molecule has 0 bridgehead atoms. The van der Waals surface area contributed by atoms with Crippen LogP contribution in [0.2, 0.25) is 0 Å². The van der Waals surface area contributed by atoms with Crippen molar-refractivity contribution in [2.24, 2.45) is 17.8 Å². The lowest BCUT2D eigenvalue weighted by molar-refractivity contribution is 0.0734. The number of carbonyl (C=O) groups excluding carboxylic acids is 1. The summed E-state index contributed by atoms with van der Waals surface area (Å²) in [6.07, 6.45) is 9.06. The molecule has 0 amide bonds. The Morgan fingerprint density at radius 3 is 2.32 bits per heavy atom. The van der Waals surface area contributed by atoms with E-state index in [9.17, 15) is 13.6 Å².